The molecule has 30 heavy (non-hydrogen) atoms. The lowest BCUT2D eigenvalue weighted by atomic mass is 10.2. The van der Waals surface area contributed by atoms with Gasteiger partial charge in [0.1, 0.15) is 5.82 Å². The Morgan fingerprint density at radius 1 is 1.03 bits per heavy atom. The number of aryl methyl sites for hydroxylation is 3. The number of rotatable bonds is 6. The molecule has 0 aliphatic carbocycles. The van der Waals surface area contributed by atoms with E-state index in [-0.39, 0.29) is 5.91 Å². The number of hydrogen-bond donors (Lipinski definition) is 1. The highest BCUT2D eigenvalue weighted by molar-refractivity contribution is 7.10. The lowest BCUT2D eigenvalue weighted by Gasteiger charge is -2.35. The maximum Gasteiger partial charge on any atom is 0.223 e. The van der Waals surface area contributed by atoms with Crippen LogP contribution in [0.15, 0.2) is 41.9 Å². The van der Waals surface area contributed by atoms with Gasteiger partial charge in [0.05, 0.1) is 0 Å². The summed E-state index contributed by atoms with van der Waals surface area (Å²) in [6.45, 7) is 7.08. The van der Waals surface area contributed by atoms with Crippen molar-refractivity contribution >= 4 is 34.7 Å². The van der Waals surface area contributed by atoms with Crippen molar-refractivity contribution in [2.75, 3.05) is 36.4 Å². The van der Waals surface area contributed by atoms with Gasteiger partial charge in [-0.05, 0) is 61.0 Å². The quantitative estimate of drug-likeness (QED) is 0.655. The zero-order chi connectivity index (χ0) is 20.9. The number of hydrogen-bond acceptors (Lipinski definition) is 7. The van der Waals surface area contributed by atoms with Crippen LogP contribution < -0.4 is 10.2 Å². The lowest BCUT2D eigenvalue weighted by Crippen LogP contribution is -2.49. The minimum atomic E-state index is 0.235. The van der Waals surface area contributed by atoms with Crippen LogP contribution in [-0.4, -0.2) is 52.2 Å². The molecule has 1 amide bonds. The van der Waals surface area contributed by atoms with E-state index in [1.807, 2.05) is 42.3 Å². The predicted molar refractivity (Wildman–Crippen MR) is 120 cm³/mol. The van der Waals surface area contributed by atoms with Crippen LogP contribution in [0.2, 0.25) is 0 Å². The predicted octanol–water partition coefficient (Wildman–Crippen LogP) is 3.57. The number of carbonyl (C=O) groups excluding carboxylic acids is 1. The second kappa shape index (κ2) is 9.21. The molecule has 1 N–H and O–H groups in total. The number of pyridine rings is 1. The monoisotopic (exact) mass is 422 g/mol. The summed E-state index contributed by atoms with van der Waals surface area (Å²) < 4.78 is 0. The van der Waals surface area contributed by atoms with Crippen molar-refractivity contribution in [3.63, 3.8) is 0 Å². The Kier molecular flexibility index (Phi) is 6.23. The summed E-state index contributed by atoms with van der Waals surface area (Å²) in [5.41, 5.74) is 2.40. The van der Waals surface area contributed by atoms with E-state index in [0.717, 1.165) is 49.8 Å². The fourth-order valence-corrected chi connectivity index (χ4v) is 4.37. The maximum absolute atomic E-state index is 12.6. The largest absolute Gasteiger partial charge is 0.352 e. The SMILES string of the molecule is Cc1ccc(Nc2ccc(N3CCN(C(=O)CCc4sccc4C)CC3)nn2)nc1. The molecule has 0 aromatic carbocycles. The van der Waals surface area contributed by atoms with E-state index in [4.69, 9.17) is 0 Å². The molecule has 0 saturated carbocycles. The van der Waals surface area contributed by atoms with Crippen molar-refractivity contribution in [1.29, 1.82) is 0 Å². The second-order valence-corrected chi connectivity index (χ2v) is 8.52. The van der Waals surface area contributed by atoms with E-state index in [0.29, 0.717) is 12.2 Å². The smallest absolute Gasteiger partial charge is 0.223 e. The molecule has 4 rings (SSSR count). The van der Waals surface area contributed by atoms with E-state index in [9.17, 15) is 4.79 Å². The third-order valence-electron chi connectivity index (χ3n) is 5.31. The Bertz CT molecular complexity index is 978. The Balaban J connectivity index is 1.26. The van der Waals surface area contributed by atoms with Crippen LogP contribution in [0, 0.1) is 13.8 Å². The number of anilines is 3. The molecule has 0 spiro atoms. The fourth-order valence-electron chi connectivity index (χ4n) is 3.46. The van der Waals surface area contributed by atoms with Gasteiger partial charge in [0, 0.05) is 43.7 Å². The van der Waals surface area contributed by atoms with Crippen LogP contribution in [0.4, 0.5) is 17.5 Å². The molecule has 3 aromatic heterocycles. The van der Waals surface area contributed by atoms with Crippen LogP contribution in [0.25, 0.3) is 0 Å². The highest BCUT2D eigenvalue weighted by atomic mass is 32.1. The molecule has 1 fully saturated rings. The first-order valence-corrected chi connectivity index (χ1v) is 11.1. The summed E-state index contributed by atoms with van der Waals surface area (Å²) in [5.74, 6) is 2.47. The molecular formula is C22H26N6OS. The van der Waals surface area contributed by atoms with Crippen LogP contribution >= 0.6 is 11.3 Å². The molecule has 3 aromatic rings. The number of thiophene rings is 1. The van der Waals surface area contributed by atoms with Gasteiger partial charge in [0.25, 0.3) is 0 Å². The number of carbonyl (C=O) groups is 1. The van der Waals surface area contributed by atoms with Crippen molar-refractivity contribution in [2.45, 2.75) is 26.7 Å². The van der Waals surface area contributed by atoms with Gasteiger partial charge < -0.3 is 15.1 Å². The third-order valence-corrected chi connectivity index (χ3v) is 6.39. The zero-order valence-corrected chi connectivity index (χ0v) is 18.2. The minimum Gasteiger partial charge on any atom is -0.352 e. The fraction of sp³-hybridized carbons (Fsp3) is 0.364. The molecule has 0 atom stereocenters. The molecule has 0 bridgehead atoms. The number of aromatic nitrogens is 3. The van der Waals surface area contributed by atoms with Crippen molar-refractivity contribution in [2.24, 2.45) is 0 Å². The van der Waals surface area contributed by atoms with E-state index in [2.05, 4.69) is 43.8 Å². The van der Waals surface area contributed by atoms with Gasteiger partial charge in [-0.3, -0.25) is 4.79 Å². The highest BCUT2D eigenvalue weighted by Crippen LogP contribution is 2.19. The standard InChI is InChI=1S/C22H26N6OS/c1-16-3-5-19(23-15-16)24-20-6-7-21(26-25-20)27-10-12-28(13-11-27)22(29)8-4-18-17(2)9-14-30-18/h3,5-7,9,14-15H,4,8,10-13H2,1-2H3,(H,23,24,25). The summed E-state index contributed by atoms with van der Waals surface area (Å²) in [5, 5.41) is 13.9. The summed E-state index contributed by atoms with van der Waals surface area (Å²) in [4.78, 5) is 22.3. The van der Waals surface area contributed by atoms with E-state index >= 15 is 0 Å². The molecule has 1 aliphatic rings. The molecule has 0 radical (unpaired) electrons. The van der Waals surface area contributed by atoms with Gasteiger partial charge in [-0.1, -0.05) is 6.07 Å². The number of piperazine rings is 1. The first-order valence-electron chi connectivity index (χ1n) is 10.2. The summed E-state index contributed by atoms with van der Waals surface area (Å²) >= 11 is 1.73. The molecule has 8 heteroatoms. The Morgan fingerprint density at radius 3 is 2.47 bits per heavy atom. The maximum atomic E-state index is 12.6. The van der Waals surface area contributed by atoms with Gasteiger partial charge in [-0.2, -0.15) is 0 Å². The summed E-state index contributed by atoms with van der Waals surface area (Å²) in [7, 11) is 0. The first kappa shape index (κ1) is 20.3. The zero-order valence-electron chi connectivity index (χ0n) is 17.3. The van der Waals surface area contributed by atoms with E-state index < -0.39 is 0 Å². The molecule has 0 unspecified atom stereocenters. The average molecular weight is 423 g/mol. The van der Waals surface area contributed by atoms with Crippen molar-refractivity contribution in [1.82, 2.24) is 20.1 Å². The Labute approximate surface area is 180 Å². The van der Waals surface area contributed by atoms with Crippen molar-refractivity contribution in [3.05, 3.63) is 57.9 Å². The van der Waals surface area contributed by atoms with Crippen LogP contribution in [0.3, 0.4) is 0 Å². The number of nitrogens with one attached hydrogen (secondary N) is 1. The van der Waals surface area contributed by atoms with E-state index in [1.54, 1.807) is 11.3 Å². The highest BCUT2D eigenvalue weighted by Gasteiger charge is 2.22. The van der Waals surface area contributed by atoms with Crippen molar-refractivity contribution in [3.8, 4) is 0 Å². The molecule has 1 saturated heterocycles. The lowest BCUT2D eigenvalue weighted by molar-refractivity contribution is -0.131. The minimum absolute atomic E-state index is 0.235. The topological polar surface area (TPSA) is 74.2 Å². The molecular weight excluding hydrogens is 396 g/mol. The van der Waals surface area contributed by atoms with Gasteiger partial charge in [-0.15, -0.1) is 21.5 Å². The van der Waals surface area contributed by atoms with E-state index in [1.165, 1.54) is 10.4 Å². The second-order valence-electron chi connectivity index (χ2n) is 7.52. The molecule has 7 nitrogen and oxygen atoms in total. The van der Waals surface area contributed by atoms with Gasteiger partial charge in [-0.25, -0.2) is 4.98 Å². The van der Waals surface area contributed by atoms with Gasteiger partial charge in [0.15, 0.2) is 11.6 Å². The van der Waals surface area contributed by atoms with Gasteiger partial charge >= 0.3 is 0 Å². The molecule has 1 aliphatic heterocycles. The Morgan fingerprint density at radius 2 is 1.83 bits per heavy atom. The molecule has 4 heterocycles. The molecule has 156 valence electrons. The van der Waals surface area contributed by atoms with Crippen LogP contribution in [-0.2, 0) is 11.2 Å². The van der Waals surface area contributed by atoms with Gasteiger partial charge in [0.2, 0.25) is 5.91 Å². The number of amides is 1. The summed E-state index contributed by atoms with van der Waals surface area (Å²) in [6.07, 6.45) is 3.22. The first-order chi connectivity index (χ1) is 14.6. The normalized spacial score (nSPS) is 14.1. The Hall–Kier alpha value is -3.00. The average Bonchev–Trinajstić information content (AvgIpc) is 3.19. The van der Waals surface area contributed by atoms with Crippen molar-refractivity contribution < 1.29 is 4.79 Å². The van der Waals surface area contributed by atoms with Crippen LogP contribution in [0.1, 0.15) is 22.4 Å². The third kappa shape index (κ3) is 4.94. The number of nitrogens with zero attached hydrogens (tertiary/aromatic N) is 5. The van der Waals surface area contributed by atoms with Crippen LogP contribution in [0.5, 0.6) is 0 Å². The summed E-state index contributed by atoms with van der Waals surface area (Å²) in [6, 6.07) is 9.90.